The molecular formula is C22H24ClN5O3S. The van der Waals surface area contributed by atoms with Crippen molar-refractivity contribution in [3.05, 3.63) is 57.6 Å². The second kappa shape index (κ2) is 9.79. The van der Waals surface area contributed by atoms with Gasteiger partial charge in [-0.15, -0.1) is 0 Å². The van der Waals surface area contributed by atoms with Gasteiger partial charge in [0.05, 0.1) is 21.7 Å². The number of carbonyl (C=O) groups excluding carboxylic acids is 1. The summed E-state index contributed by atoms with van der Waals surface area (Å²) >= 11 is 7.55. The van der Waals surface area contributed by atoms with Crippen molar-refractivity contribution in [2.45, 2.75) is 25.0 Å². The minimum Gasteiger partial charge on any atom is -0.362 e. The number of amides is 1. The lowest BCUT2D eigenvalue weighted by molar-refractivity contribution is -0.384. The Hall–Kier alpha value is -2.78. The Bertz CT molecular complexity index is 1140. The first-order valence-electron chi connectivity index (χ1n) is 10.5. The third-order valence-electron chi connectivity index (χ3n) is 5.50. The number of nitro benzene ring substituents is 1. The fourth-order valence-corrected chi connectivity index (χ4v) is 5.04. The van der Waals surface area contributed by atoms with E-state index in [2.05, 4.69) is 16.5 Å². The largest absolute Gasteiger partial charge is 0.362 e. The smallest absolute Gasteiger partial charge is 0.292 e. The summed E-state index contributed by atoms with van der Waals surface area (Å²) in [6, 6.07) is 12.4. The highest BCUT2D eigenvalue weighted by molar-refractivity contribution is 7.99. The van der Waals surface area contributed by atoms with Crippen LogP contribution in [0.3, 0.4) is 0 Å². The number of nitrogens with zero attached hydrogens (tertiary/aromatic N) is 5. The quantitative estimate of drug-likeness (QED) is 0.286. The van der Waals surface area contributed by atoms with Gasteiger partial charge in [-0.2, -0.15) is 0 Å². The van der Waals surface area contributed by atoms with Crippen molar-refractivity contribution in [1.29, 1.82) is 0 Å². The molecule has 0 spiro atoms. The number of imidazole rings is 1. The highest BCUT2D eigenvalue weighted by Gasteiger charge is 2.25. The van der Waals surface area contributed by atoms with E-state index in [0.717, 1.165) is 29.2 Å². The SMILES string of the molecule is CCCn1c(SCC(=O)N2CCN(c3ccccc3[N+](=O)[O-])CC2)nc2cc(Cl)ccc21. The van der Waals surface area contributed by atoms with Gasteiger partial charge in [-0.3, -0.25) is 14.9 Å². The molecule has 0 unspecified atom stereocenters. The molecule has 10 heteroatoms. The molecule has 0 radical (unpaired) electrons. The summed E-state index contributed by atoms with van der Waals surface area (Å²) in [5.74, 6) is 0.344. The van der Waals surface area contributed by atoms with Crippen LogP contribution in [0.25, 0.3) is 11.0 Å². The average Bonchev–Trinajstić information content (AvgIpc) is 3.14. The highest BCUT2D eigenvalue weighted by Crippen LogP contribution is 2.29. The summed E-state index contributed by atoms with van der Waals surface area (Å²) in [5.41, 5.74) is 2.55. The van der Waals surface area contributed by atoms with Crippen LogP contribution < -0.4 is 4.90 Å². The first-order valence-corrected chi connectivity index (χ1v) is 11.9. The minimum absolute atomic E-state index is 0.0466. The van der Waals surface area contributed by atoms with Gasteiger partial charge in [0.15, 0.2) is 5.16 Å². The summed E-state index contributed by atoms with van der Waals surface area (Å²) in [6.45, 7) is 5.13. The van der Waals surface area contributed by atoms with Gasteiger partial charge in [0.25, 0.3) is 5.69 Å². The molecule has 2 aromatic carbocycles. The van der Waals surface area contributed by atoms with E-state index >= 15 is 0 Å². The zero-order chi connectivity index (χ0) is 22.7. The highest BCUT2D eigenvalue weighted by atomic mass is 35.5. The molecule has 32 heavy (non-hydrogen) atoms. The van der Waals surface area contributed by atoms with E-state index in [9.17, 15) is 14.9 Å². The van der Waals surface area contributed by atoms with Gasteiger partial charge in [-0.1, -0.05) is 42.4 Å². The molecule has 0 aliphatic carbocycles. The fraction of sp³-hybridized carbons (Fsp3) is 0.364. The maximum absolute atomic E-state index is 12.8. The molecule has 1 aliphatic rings. The fourth-order valence-electron chi connectivity index (χ4n) is 3.93. The number of thioether (sulfide) groups is 1. The zero-order valence-electron chi connectivity index (χ0n) is 17.7. The van der Waals surface area contributed by atoms with Crippen LogP contribution in [0.4, 0.5) is 11.4 Å². The second-order valence-corrected chi connectivity index (χ2v) is 8.96. The number of piperazine rings is 1. The lowest BCUT2D eigenvalue weighted by Gasteiger charge is -2.35. The van der Waals surface area contributed by atoms with Crippen LogP contribution in [0.5, 0.6) is 0 Å². The lowest BCUT2D eigenvalue weighted by Crippen LogP contribution is -2.49. The van der Waals surface area contributed by atoms with Crippen molar-refractivity contribution < 1.29 is 9.72 Å². The van der Waals surface area contributed by atoms with Gasteiger partial charge in [0, 0.05) is 43.8 Å². The van der Waals surface area contributed by atoms with Gasteiger partial charge in [0.2, 0.25) is 5.91 Å². The van der Waals surface area contributed by atoms with Crippen molar-refractivity contribution in [2.75, 3.05) is 36.8 Å². The summed E-state index contributed by atoms with van der Waals surface area (Å²) < 4.78 is 2.14. The number of aromatic nitrogens is 2. The van der Waals surface area contributed by atoms with E-state index in [1.807, 2.05) is 28.0 Å². The number of hydrogen-bond donors (Lipinski definition) is 0. The molecule has 1 amide bonds. The first kappa shape index (κ1) is 22.4. The second-order valence-electron chi connectivity index (χ2n) is 7.58. The van der Waals surface area contributed by atoms with Crippen LogP contribution in [0.2, 0.25) is 5.02 Å². The minimum atomic E-state index is -0.362. The van der Waals surface area contributed by atoms with Crippen LogP contribution in [-0.2, 0) is 11.3 Å². The first-order chi connectivity index (χ1) is 15.5. The Balaban J connectivity index is 1.39. The van der Waals surface area contributed by atoms with Gasteiger partial charge in [-0.05, 0) is 30.7 Å². The average molecular weight is 474 g/mol. The molecule has 168 valence electrons. The van der Waals surface area contributed by atoms with Crippen molar-refractivity contribution >= 4 is 51.7 Å². The van der Waals surface area contributed by atoms with Crippen molar-refractivity contribution in [1.82, 2.24) is 14.5 Å². The number of rotatable bonds is 7. The molecule has 0 atom stereocenters. The van der Waals surface area contributed by atoms with Crippen LogP contribution in [0.15, 0.2) is 47.6 Å². The molecule has 0 N–H and O–H groups in total. The molecule has 0 saturated carbocycles. The Morgan fingerprint density at radius 2 is 1.94 bits per heavy atom. The Morgan fingerprint density at radius 1 is 1.19 bits per heavy atom. The van der Waals surface area contributed by atoms with E-state index in [4.69, 9.17) is 11.6 Å². The number of anilines is 1. The van der Waals surface area contributed by atoms with Gasteiger partial charge in [0.1, 0.15) is 5.69 Å². The molecule has 1 saturated heterocycles. The molecule has 1 aromatic heterocycles. The number of fused-ring (bicyclic) bond motifs is 1. The Kier molecular flexibility index (Phi) is 6.86. The van der Waals surface area contributed by atoms with Crippen molar-refractivity contribution in [3.63, 3.8) is 0 Å². The normalized spacial score (nSPS) is 14.2. The van der Waals surface area contributed by atoms with Crippen LogP contribution in [0, 0.1) is 10.1 Å². The van der Waals surface area contributed by atoms with Gasteiger partial charge >= 0.3 is 0 Å². The van der Waals surface area contributed by atoms with Crippen LogP contribution in [0.1, 0.15) is 13.3 Å². The number of hydrogen-bond acceptors (Lipinski definition) is 6. The van der Waals surface area contributed by atoms with E-state index in [1.54, 1.807) is 18.2 Å². The molecule has 1 aliphatic heterocycles. The molecular weight excluding hydrogens is 450 g/mol. The number of aryl methyl sites for hydroxylation is 1. The topological polar surface area (TPSA) is 84.5 Å². The number of para-hydroxylation sites is 2. The number of halogens is 1. The predicted octanol–water partition coefficient (Wildman–Crippen LogP) is 4.45. The van der Waals surface area contributed by atoms with E-state index < -0.39 is 0 Å². The lowest BCUT2D eigenvalue weighted by atomic mass is 10.2. The molecule has 3 aromatic rings. The summed E-state index contributed by atoms with van der Waals surface area (Å²) in [4.78, 5) is 32.3. The maximum Gasteiger partial charge on any atom is 0.292 e. The predicted molar refractivity (Wildman–Crippen MR) is 128 cm³/mol. The van der Waals surface area contributed by atoms with Crippen LogP contribution in [-0.4, -0.2) is 57.2 Å². The molecule has 8 nitrogen and oxygen atoms in total. The summed E-state index contributed by atoms with van der Waals surface area (Å²) in [5, 5.41) is 12.8. The van der Waals surface area contributed by atoms with Crippen LogP contribution >= 0.6 is 23.4 Å². The molecule has 1 fully saturated rings. The molecule has 4 rings (SSSR count). The molecule has 0 bridgehead atoms. The summed E-state index contributed by atoms with van der Waals surface area (Å²) in [6.07, 6.45) is 0.961. The Labute approximate surface area is 195 Å². The number of nitro groups is 1. The van der Waals surface area contributed by atoms with E-state index in [1.165, 1.54) is 17.8 Å². The number of benzene rings is 2. The van der Waals surface area contributed by atoms with E-state index in [0.29, 0.717) is 42.6 Å². The summed E-state index contributed by atoms with van der Waals surface area (Å²) in [7, 11) is 0. The standard InChI is InChI=1S/C22H24ClN5O3S/c1-2-9-27-18-8-7-16(23)14-17(18)24-22(27)32-15-21(29)26-12-10-25(11-13-26)19-5-3-4-6-20(19)28(30)31/h3-8,14H,2,9-13,15H2,1H3. The maximum atomic E-state index is 12.8. The van der Waals surface area contributed by atoms with Gasteiger partial charge in [-0.25, -0.2) is 4.98 Å². The van der Waals surface area contributed by atoms with E-state index in [-0.39, 0.29) is 16.5 Å². The van der Waals surface area contributed by atoms with Crippen molar-refractivity contribution in [3.8, 4) is 0 Å². The van der Waals surface area contributed by atoms with Gasteiger partial charge < -0.3 is 14.4 Å². The zero-order valence-corrected chi connectivity index (χ0v) is 19.3. The third kappa shape index (κ3) is 4.68. The Morgan fingerprint density at radius 3 is 2.66 bits per heavy atom. The monoisotopic (exact) mass is 473 g/mol. The van der Waals surface area contributed by atoms with Crippen molar-refractivity contribution in [2.24, 2.45) is 0 Å². The molecule has 2 heterocycles. The third-order valence-corrected chi connectivity index (χ3v) is 6.69. The number of carbonyl (C=O) groups is 1.